The molecule has 0 atom stereocenters. The SMILES string of the molecule is CCOc1cc2ncc(C#N)c(Nc3cccc(Br)c3)c2cc1NC(=O)C=CCBr. The predicted octanol–water partition coefficient (Wildman–Crippen LogP) is 5.90. The van der Waals surface area contributed by atoms with Crippen LogP contribution in [0.2, 0.25) is 0 Å². The number of halogens is 2. The molecule has 0 unspecified atom stereocenters. The zero-order valence-corrected chi connectivity index (χ0v) is 19.2. The zero-order valence-electron chi connectivity index (χ0n) is 16.1. The molecule has 2 N–H and O–H groups in total. The number of benzene rings is 2. The Balaban J connectivity index is 2.14. The monoisotopic (exact) mass is 528 g/mol. The van der Waals surface area contributed by atoms with E-state index in [1.807, 2.05) is 31.2 Å². The highest BCUT2D eigenvalue weighted by Gasteiger charge is 2.15. The molecular weight excluding hydrogens is 512 g/mol. The van der Waals surface area contributed by atoms with Gasteiger partial charge in [-0.25, -0.2) is 0 Å². The topological polar surface area (TPSA) is 87.0 Å². The van der Waals surface area contributed by atoms with E-state index in [0.717, 1.165) is 10.2 Å². The minimum atomic E-state index is -0.277. The first-order valence-electron chi connectivity index (χ1n) is 9.11. The molecule has 1 aromatic heterocycles. The Kier molecular flexibility index (Phi) is 7.44. The van der Waals surface area contributed by atoms with Crippen molar-refractivity contribution in [3.63, 3.8) is 0 Å². The lowest BCUT2D eigenvalue weighted by Crippen LogP contribution is -2.10. The second-order valence-corrected chi connectivity index (χ2v) is 7.70. The van der Waals surface area contributed by atoms with Gasteiger partial charge in [-0.15, -0.1) is 0 Å². The molecule has 0 fully saturated rings. The Labute approximate surface area is 191 Å². The fraction of sp³-hybridized carbons (Fsp3) is 0.136. The molecule has 1 amide bonds. The number of fused-ring (bicyclic) bond motifs is 1. The number of hydrogen-bond donors (Lipinski definition) is 2. The second kappa shape index (κ2) is 10.2. The summed E-state index contributed by atoms with van der Waals surface area (Å²) >= 11 is 6.71. The maximum absolute atomic E-state index is 12.2. The molecule has 30 heavy (non-hydrogen) atoms. The molecule has 0 radical (unpaired) electrons. The largest absolute Gasteiger partial charge is 0.492 e. The van der Waals surface area contributed by atoms with Crippen LogP contribution >= 0.6 is 31.9 Å². The van der Waals surface area contributed by atoms with Crippen LogP contribution in [0.1, 0.15) is 12.5 Å². The fourth-order valence-electron chi connectivity index (χ4n) is 2.85. The van der Waals surface area contributed by atoms with E-state index in [9.17, 15) is 10.1 Å². The fourth-order valence-corrected chi connectivity index (χ4v) is 3.43. The number of carbonyl (C=O) groups excluding carboxylic acids is 1. The first kappa shape index (κ1) is 21.8. The molecule has 0 aliphatic rings. The van der Waals surface area contributed by atoms with Crippen LogP contribution in [0, 0.1) is 11.3 Å². The maximum atomic E-state index is 12.2. The van der Waals surface area contributed by atoms with E-state index in [-0.39, 0.29) is 5.91 Å². The van der Waals surface area contributed by atoms with E-state index in [2.05, 4.69) is 53.5 Å². The Morgan fingerprint density at radius 1 is 1.33 bits per heavy atom. The van der Waals surface area contributed by atoms with Gasteiger partial charge in [-0.05, 0) is 31.2 Å². The molecule has 0 spiro atoms. The maximum Gasteiger partial charge on any atom is 0.248 e. The number of hydrogen-bond acceptors (Lipinski definition) is 5. The Morgan fingerprint density at radius 2 is 2.17 bits per heavy atom. The Hall–Kier alpha value is -2.89. The third-order valence-corrected chi connectivity index (χ3v) is 4.97. The smallest absolute Gasteiger partial charge is 0.248 e. The number of alkyl halides is 1. The summed E-state index contributed by atoms with van der Waals surface area (Å²) in [6, 6.07) is 13.3. The molecule has 3 rings (SSSR count). The molecular formula is C22H18Br2N4O2. The number of anilines is 3. The van der Waals surface area contributed by atoms with Gasteiger partial charge in [-0.3, -0.25) is 9.78 Å². The highest BCUT2D eigenvalue weighted by Crippen LogP contribution is 2.36. The van der Waals surface area contributed by atoms with Gasteiger partial charge < -0.3 is 15.4 Å². The number of ether oxygens (including phenoxy) is 1. The molecule has 0 bridgehead atoms. The van der Waals surface area contributed by atoms with Crippen molar-refractivity contribution in [1.29, 1.82) is 5.26 Å². The van der Waals surface area contributed by atoms with Crippen LogP contribution in [0.4, 0.5) is 17.1 Å². The minimum absolute atomic E-state index is 0.277. The van der Waals surface area contributed by atoms with Gasteiger partial charge in [-0.2, -0.15) is 5.26 Å². The molecule has 6 nitrogen and oxygen atoms in total. The Morgan fingerprint density at radius 3 is 2.87 bits per heavy atom. The number of aromatic nitrogens is 1. The summed E-state index contributed by atoms with van der Waals surface area (Å²) in [6.07, 6.45) is 4.67. The summed E-state index contributed by atoms with van der Waals surface area (Å²) in [6.45, 7) is 2.30. The summed E-state index contributed by atoms with van der Waals surface area (Å²) in [7, 11) is 0. The summed E-state index contributed by atoms with van der Waals surface area (Å²) in [4.78, 5) is 16.6. The standard InChI is InChI=1S/C22H18Br2N4O2/c1-2-30-20-11-18-17(10-19(20)28-21(29)7-4-8-23)22(14(12-25)13-26-18)27-16-6-3-5-15(24)9-16/h3-7,9-11,13H,2,8H2,1H3,(H,26,27)(H,28,29). The molecule has 1 heterocycles. The predicted molar refractivity (Wildman–Crippen MR) is 127 cm³/mol. The van der Waals surface area contributed by atoms with Crippen LogP contribution in [-0.2, 0) is 4.79 Å². The van der Waals surface area contributed by atoms with E-state index in [0.29, 0.717) is 45.5 Å². The highest BCUT2D eigenvalue weighted by molar-refractivity contribution is 9.10. The van der Waals surface area contributed by atoms with Crippen molar-refractivity contribution < 1.29 is 9.53 Å². The van der Waals surface area contributed by atoms with E-state index < -0.39 is 0 Å². The average molecular weight is 530 g/mol. The van der Waals surface area contributed by atoms with Gasteiger partial charge in [0.25, 0.3) is 0 Å². The van der Waals surface area contributed by atoms with Crippen molar-refractivity contribution in [2.75, 3.05) is 22.6 Å². The van der Waals surface area contributed by atoms with Crippen molar-refractivity contribution in [1.82, 2.24) is 4.98 Å². The highest BCUT2D eigenvalue weighted by atomic mass is 79.9. The third kappa shape index (κ3) is 5.17. The van der Waals surface area contributed by atoms with Crippen LogP contribution in [0.25, 0.3) is 10.9 Å². The first-order valence-corrected chi connectivity index (χ1v) is 11.0. The molecule has 2 aromatic carbocycles. The number of nitrogens with one attached hydrogen (secondary N) is 2. The van der Waals surface area contributed by atoms with Crippen LogP contribution in [0.3, 0.4) is 0 Å². The van der Waals surface area contributed by atoms with Crippen molar-refractivity contribution in [2.45, 2.75) is 6.92 Å². The Bertz CT molecular complexity index is 1160. The third-order valence-electron chi connectivity index (χ3n) is 4.10. The lowest BCUT2D eigenvalue weighted by molar-refractivity contribution is -0.111. The number of rotatable bonds is 7. The van der Waals surface area contributed by atoms with E-state index in [1.54, 1.807) is 18.2 Å². The van der Waals surface area contributed by atoms with Gasteiger partial charge in [0.05, 0.1) is 29.1 Å². The summed E-state index contributed by atoms with van der Waals surface area (Å²) in [5, 5.41) is 17.0. The summed E-state index contributed by atoms with van der Waals surface area (Å²) in [5.41, 5.74) is 2.96. The number of carbonyl (C=O) groups is 1. The zero-order chi connectivity index (χ0) is 21.5. The minimum Gasteiger partial charge on any atom is -0.492 e. The van der Waals surface area contributed by atoms with Gasteiger partial charge in [0.2, 0.25) is 5.91 Å². The molecule has 152 valence electrons. The lowest BCUT2D eigenvalue weighted by atomic mass is 10.1. The lowest BCUT2D eigenvalue weighted by Gasteiger charge is -2.16. The number of nitrogens with zero attached hydrogens (tertiary/aromatic N) is 2. The quantitative estimate of drug-likeness (QED) is 0.294. The molecule has 3 aromatic rings. The van der Waals surface area contributed by atoms with Crippen molar-refractivity contribution in [3.8, 4) is 11.8 Å². The van der Waals surface area contributed by atoms with Crippen LogP contribution in [0.15, 0.2) is 59.2 Å². The first-order chi connectivity index (χ1) is 14.5. The summed E-state index contributed by atoms with van der Waals surface area (Å²) < 4.78 is 6.61. The number of allylic oxidation sites excluding steroid dienone is 1. The van der Waals surface area contributed by atoms with E-state index in [4.69, 9.17) is 4.74 Å². The van der Waals surface area contributed by atoms with Gasteiger partial charge in [0.1, 0.15) is 11.8 Å². The van der Waals surface area contributed by atoms with E-state index >= 15 is 0 Å². The van der Waals surface area contributed by atoms with Crippen LogP contribution in [0.5, 0.6) is 5.75 Å². The number of nitriles is 1. The van der Waals surface area contributed by atoms with Crippen LogP contribution < -0.4 is 15.4 Å². The molecule has 0 aliphatic heterocycles. The van der Waals surface area contributed by atoms with Crippen molar-refractivity contribution >= 4 is 65.7 Å². The molecule has 0 aliphatic carbocycles. The molecule has 0 saturated heterocycles. The van der Waals surface area contributed by atoms with Gasteiger partial charge in [0, 0.05) is 39.2 Å². The molecule has 0 saturated carbocycles. The van der Waals surface area contributed by atoms with Crippen LogP contribution in [-0.4, -0.2) is 22.8 Å². The summed E-state index contributed by atoms with van der Waals surface area (Å²) in [5.74, 6) is 0.233. The number of amides is 1. The van der Waals surface area contributed by atoms with E-state index in [1.165, 1.54) is 12.3 Å². The van der Waals surface area contributed by atoms with Crippen molar-refractivity contribution in [3.05, 3.63) is 64.8 Å². The van der Waals surface area contributed by atoms with Gasteiger partial charge in [-0.1, -0.05) is 44.0 Å². The number of pyridine rings is 1. The second-order valence-electron chi connectivity index (χ2n) is 6.14. The average Bonchev–Trinajstić information content (AvgIpc) is 2.73. The van der Waals surface area contributed by atoms with Gasteiger partial charge >= 0.3 is 0 Å². The molecule has 8 heteroatoms. The van der Waals surface area contributed by atoms with Gasteiger partial charge in [0.15, 0.2) is 0 Å². The normalized spacial score (nSPS) is 10.7. The van der Waals surface area contributed by atoms with Crippen molar-refractivity contribution in [2.24, 2.45) is 0 Å².